The van der Waals surface area contributed by atoms with Crippen molar-refractivity contribution in [2.75, 3.05) is 13.2 Å². The number of carboxylic acids is 2. The van der Waals surface area contributed by atoms with Crippen molar-refractivity contribution in [1.82, 2.24) is 0 Å². The topological polar surface area (TPSA) is 124 Å². The first-order valence-electron chi connectivity index (χ1n) is 4.36. The summed E-state index contributed by atoms with van der Waals surface area (Å²) in [6, 6.07) is 0. The predicted molar refractivity (Wildman–Crippen MR) is 47.3 cm³/mol. The molecular weight excluding hydrogens is 208 g/mol. The van der Waals surface area contributed by atoms with Crippen molar-refractivity contribution < 1.29 is 34.8 Å². The van der Waals surface area contributed by atoms with E-state index in [-0.39, 0.29) is 0 Å². The van der Waals surface area contributed by atoms with Gasteiger partial charge in [-0.25, -0.2) is 9.59 Å². The van der Waals surface area contributed by atoms with Gasteiger partial charge in [0.05, 0.1) is 0 Å². The Morgan fingerprint density at radius 2 is 1.27 bits per heavy atom. The summed E-state index contributed by atoms with van der Waals surface area (Å²) in [5.74, 6) is -3.54. The van der Waals surface area contributed by atoms with Crippen LogP contribution in [0.15, 0.2) is 0 Å². The maximum atomic E-state index is 9.77. The number of carboxylic acid groups (broad SMARTS) is 2. The van der Waals surface area contributed by atoms with Crippen LogP contribution in [0.5, 0.6) is 0 Å². The van der Waals surface area contributed by atoms with E-state index in [2.05, 4.69) is 0 Å². The van der Waals surface area contributed by atoms with Crippen LogP contribution in [0.25, 0.3) is 0 Å². The third-order valence-electron chi connectivity index (χ3n) is 1.63. The Hall–Kier alpha value is -1.18. The summed E-state index contributed by atoms with van der Waals surface area (Å²) < 4.78 is 4.94. The van der Waals surface area contributed by atoms with Crippen molar-refractivity contribution in [2.45, 2.75) is 25.0 Å². The number of carbonyl (C=O) groups is 2. The van der Waals surface area contributed by atoms with Crippen molar-refractivity contribution >= 4 is 11.9 Å². The molecule has 1 rings (SSSR count). The fourth-order valence-corrected chi connectivity index (χ4v) is 0.780. The van der Waals surface area contributed by atoms with Gasteiger partial charge in [0.1, 0.15) is 0 Å². The van der Waals surface area contributed by atoms with Gasteiger partial charge in [0.25, 0.3) is 0 Å². The van der Waals surface area contributed by atoms with Gasteiger partial charge in [-0.05, 0) is 12.8 Å². The summed E-state index contributed by atoms with van der Waals surface area (Å²) in [6.07, 6.45) is -1.98. The molecule has 4 N–H and O–H groups in total. The Kier molecular flexibility index (Phi) is 6.59. The molecule has 1 saturated heterocycles. The summed E-state index contributed by atoms with van der Waals surface area (Å²) in [6.45, 7) is 2.00. The molecule has 0 amide bonds. The van der Waals surface area contributed by atoms with E-state index in [1.807, 2.05) is 0 Å². The minimum absolute atomic E-state index is 1.00. The summed E-state index contributed by atoms with van der Waals surface area (Å²) in [5.41, 5.74) is 0. The number of aliphatic hydroxyl groups excluding tert-OH is 2. The molecule has 2 atom stereocenters. The van der Waals surface area contributed by atoms with Gasteiger partial charge >= 0.3 is 11.9 Å². The molecule has 7 nitrogen and oxygen atoms in total. The van der Waals surface area contributed by atoms with Crippen molar-refractivity contribution in [3.8, 4) is 0 Å². The van der Waals surface area contributed by atoms with E-state index in [4.69, 9.17) is 25.2 Å². The molecular formula is C8H14O7. The predicted octanol–water partition coefficient (Wildman–Crippen LogP) is -1.33. The van der Waals surface area contributed by atoms with Gasteiger partial charge in [-0.2, -0.15) is 0 Å². The molecule has 1 fully saturated rings. The fraction of sp³-hybridized carbons (Fsp3) is 0.750. The molecule has 0 saturated carbocycles. The van der Waals surface area contributed by atoms with E-state index in [9.17, 15) is 9.59 Å². The van der Waals surface area contributed by atoms with Crippen LogP contribution in [-0.2, 0) is 14.3 Å². The molecule has 7 heteroatoms. The van der Waals surface area contributed by atoms with Gasteiger partial charge in [0.2, 0.25) is 0 Å². The maximum Gasteiger partial charge on any atom is 0.335 e. The Labute approximate surface area is 85.9 Å². The molecule has 88 valence electrons. The van der Waals surface area contributed by atoms with Crippen LogP contribution < -0.4 is 0 Å². The number of hydrogen-bond acceptors (Lipinski definition) is 5. The van der Waals surface area contributed by atoms with Crippen LogP contribution in [0.1, 0.15) is 12.8 Å². The van der Waals surface area contributed by atoms with Gasteiger partial charge in [0, 0.05) is 13.2 Å². The highest BCUT2D eigenvalue weighted by Crippen LogP contribution is 1.98. The van der Waals surface area contributed by atoms with Gasteiger partial charge < -0.3 is 25.2 Å². The molecule has 15 heavy (non-hydrogen) atoms. The minimum Gasteiger partial charge on any atom is -0.479 e. The molecule has 2 unspecified atom stereocenters. The molecule has 1 aliphatic heterocycles. The third kappa shape index (κ3) is 6.00. The molecule has 0 radical (unpaired) electrons. The van der Waals surface area contributed by atoms with E-state index in [1.165, 1.54) is 12.8 Å². The summed E-state index contributed by atoms with van der Waals surface area (Å²) in [7, 11) is 0. The Morgan fingerprint density at radius 3 is 1.40 bits per heavy atom. The normalized spacial score (nSPS) is 18.5. The molecule has 0 spiro atoms. The van der Waals surface area contributed by atoms with Crippen molar-refractivity contribution in [3.05, 3.63) is 0 Å². The zero-order valence-corrected chi connectivity index (χ0v) is 8.00. The molecule has 1 aliphatic rings. The van der Waals surface area contributed by atoms with Crippen molar-refractivity contribution in [2.24, 2.45) is 0 Å². The lowest BCUT2D eigenvalue weighted by molar-refractivity contribution is -0.165. The lowest BCUT2D eigenvalue weighted by Gasteiger charge is -2.07. The third-order valence-corrected chi connectivity index (χ3v) is 1.63. The average Bonchev–Trinajstić information content (AvgIpc) is 2.73. The van der Waals surface area contributed by atoms with E-state index in [0.717, 1.165) is 13.2 Å². The number of ether oxygens (including phenoxy) is 1. The van der Waals surface area contributed by atoms with Crippen LogP contribution >= 0.6 is 0 Å². The second-order valence-electron chi connectivity index (χ2n) is 2.89. The van der Waals surface area contributed by atoms with Crippen LogP contribution in [0.2, 0.25) is 0 Å². The number of aliphatic carboxylic acids is 2. The van der Waals surface area contributed by atoms with Crippen LogP contribution in [0.3, 0.4) is 0 Å². The van der Waals surface area contributed by atoms with Gasteiger partial charge in [-0.3, -0.25) is 0 Å². The molecule has 0 aromatic heterocycles. The van der Waals surface area contributed by atoms with Gasteiger partial charge in [0.15, 0.2) is 12.2 Å². The van der Waals surface area contributed by atoms with E-state index in [1.54, 1.807) is 0 Å². The SMILES string of the molecule is C1CCOC1.O=C(O)C(O)C(O)C(=O)O. The maximum absolute atomic E-state index is 9.77. The zero-order valence-electron chi connectivity index (χ0n) is 8.00. The summed E-state index contributed by atoms with van der Waals surface area (Å²) >= 11 is 0. The number of hydrogen-bond donors (Lipinski definition) is 4. The quantitative estimate of drug-likeness (QED) is 0.466. The molecule has 0 aromatic carbocycles. The van der Waals surface area contributed by atoms with E-state index in [0.29, 0.717) is 0 Å². The Morgan fingerprint density at radius 1 is 0.933 bits per heavy atom. The number of rotatable bonds is 3. The Bertz CT molecular complexity index is 185. The van der Waals surface area contributed by atoms with Gasteiger partial charge in [-0.1, -0.05) is 0 Å². The fourth-order valence-electron chi connectivity index (χ4n) is 0.780. The lowest BCUT2D eigenvalue weighted by Crippen LogP contribution is -2.39. The van der Waals surface area contributed by atoms with Crippen LogP contribution in [0.4, 0.5) is 0 Å². The monoisotopic (exact) mass is 222 g/mol. The summed E-state index contributed by atoms with van der Waals surface area (Å²) in [4.78, 5) is 19.5. The lowest BCUT2D eigenvalue weighted by atomic mass is 10.2. The van der Waals surface area contributed by atoms with Crippen molar-refractivity contribution in [3.63, 3.8) is 0 Å². The van der Waals surface area contributed by atoms with Crippen LogP contribution in [0, 0.1) is 0 Å². The molecule has 0 aromatic rings. The summed E-state index contributed by atoms with van der Waals surface area (Å²) in [5, 5.41) is 32.5. The average molecular weight is 222 g/mol. The second kappa shape index (κ2) is 7.16. The molecule has 0 aliphatic carbocycles. The second-order valence-corrected chi connectivity index (χ2v) is 2.89. The van der Waals surface area contributed by atoms with E-state index < -0.39 is 24.1 Å². The highest BCUT2D eigenvalue weighted by Gasteiger charge is 2.29. The largest absolute Gasteiger partial charge is 0.479 e. The first-order chi connectivity index (χ1) is 6.96. The zero-order chi connectivity index (χ0) is 11.8. The standard InChI is InChI=1S/C4H6O6.C4H8O/c5-1(3(7)8)2(6)4(9)10;1-2-4-5-3-1/h1-2,5-6H,(H,7,8)(H,9,10);1-4H2. The van der Waals surface area contributed by atoms with Gasteiger partial charge in [-0.15, -0.1) is 0 Å². The first-order valence-corrected chi connectivity index (χ1v) is 4.36. The molecule has 1 heterocycles. The number of aliphatic hydroxyl groups is 2. The van der Waals surface area contributed by atoms with Crippen LogP contribution in [-0.4, -0.2) is 57.8 Å². The highest BCUT2D eigenvalue weighted by atomic mass is 16.5. The van der Waals surface area contributed by atoms with Crippen molar-refractivity contribution in [1.29, 1.82) is 0 Å². The minimum atomic E-state index is -2.27. The smallest absolute Gasteiger partial charge is 0.335 e. The molecule has 0 bridgehead atoms. The van der Waals surface area contributed by atoms with E-state index >= 15 is 0 Å². The first kappa shape index (κ1) is 13.8. The highest BCUT2D eigenvalue weighted by molar-refractivity contribution is 5.83. The Balaban J connectivity index is 0.000000322.